The molecule has 0 aromatic carbocycles. The molecule has 0 saturated heterocycles. The van der Waals surface area contributed by atoms with Crippen molar-refractivity contribution in [3.63, 3.8) is 0 Å². The van der Waals surface area contributed by atoms with Crippen LogP contribution in [0.25, 0.3) is 22.3 Å². The molecule has 3 fully saturated rings. The van der Waals surface area contributed by atoms with Crippen LogP contribution in [0, 0.1) is 0 Å². The highest BCUT2D eigenvalue weighted by atomic mass is 16.3. The monoisotopic (exact) mass is 970 g/mol. The number of aryl methyl sites for hydroxylation is 2. The van der Waals surface area contributed by atoms with Gasteiger partial charge >= 0.3 is 0 Å². The Morgan fingerprint density at radius 2 is 1.00 bits per heavy atom. The van der Waals surface area contributed by atoms with E-state index in [2.05, 4.69) is 41.9 Å². The van der Waals surface area contributed by atoms with E-state index in [1.807, 2.05) is 35.4 Å². The second-order valence-corrected chi connectivity index (χ2v) is 18.3. The van der Waals surface area contributed by atoms with Crippen LogP contribution in [0.15, 0.2) is 37.7 Å². The van der Waals surface area contributed by atoms with Crippen LogP contribution >= 0.6 is 0 Å². The van der Waals surface area contributed by atoms with Crippen molar-refractivity contribution in [1.29, 1.82) is 0 Å². The summed E-state index contributed by atoms with van der Waals surface area (Å²) in [5, 5.41) is 81.8. The third-order valence-corrected chi connectivity index (χ3v) is 13.7. The molecular formula is C44H62N18O8. The average molecular weight is 971 g/mol. The molecule has 12 N–H and O–H groups in total. The molecule has 9 rings (SSSR count). The van der Waals surface area contributed by atoms with Gasteiger partial charge in [-0.1, -0.05) is 0 Å². The van der Waals surface area contributed by atoms with Gasteiger partial charge < -0.3 is 80.8 Å². The lowest BCUT2D eigenvalue weighted by Crippen LogP contribution is -2.44. The molecule has 2 amide bonds. The molecule has 0 radical (unpaired) electrons. The fourth-order valence-corrected chi connectivity index (χ4v) is 9.83. The predicted octanol–water partition coefficient (Wildman–Crippen LogP) is -1.17. The molecular weight excluding hydrogens is 909 g/mol. The summed E-state index contributed by atoms with van der Waals surface area (Å²) < 4.78 is 7.40. The lowest BCUT2D eigenvalue weighted by atomic mass is 9.91. The summed E-state index contributed by atoms with van der Waals surface area (Å²) in [7, 11) is 0. The Balaban J connectivity index is 0.926. The number of hydrogen-bond donors (Lipinski definition) is 12. The smallest absolute Gasteiger partial charge is 0.246 e. The minimum Gasteiger partial charge on any atom is -0.388 e. The number of nitrogens with zero attached hydrogens (tertiary/aromatic N) is 12. The second kappa shape index (κ2) is 21.2. The Kier molecular flexibility index (Phi) is 14.7. The van der Waals surface area contributed by atoms with Gasteiger partial charge in [0.25, 0.3) is 0 Å². The van der Waals surface area contributed by atoms with E-state index in [0.29, 0.717) is 71.8 Å². The molecule has 0 unspecified atom stereocenters. The molecule has 0 aliphatic heterocycles. The van der Waals surface area contributed by atoms with Crippen LogP contribution in [0.2, 0.25) is 0 Å². The molecule has 26 nitrogen and oxygen atoms in total. The molecule has 0 spiro atoms. The molecule has 6 aromatic rings. The van der Waals surface area contributed by atoms with Crippen molar-refractivity contribution < 1.29 is 40.2 Å². The van der Waals surface area contributed by atoms with Crippen LogP contribution in [-0.4, -0.2) is 175 Å². The van der Waals surface area contributed by atoms with Crippen molar-refractivity contribution >= 4 is 57.7 Å². The zero-order valence-corrected chi connectivity index (χ0v) is 39.0. The van der Waals surface area contributed by atoms with Gasteiger partial charge in [0.1, 0.15) is 37.6 Å². The van der Waals surface area contributed by atoms with E-state index in [9.17, 15) is 40.2 Å². The van der Waals surface area contributed by atoms with Crippen molar-refractivity contribution in [2.24, 2.45) is 0 Å². The predicted molar refractivity (Wildman–Crippen MR) is 253 cm³/mol. The summed E-state index contributed by atoms with van der Waals surface area (Å²) in [6.07, 6.45) is 10.1. The molecule has 0 bridgehead atoms. The number of carbonyl (C=O) groups excluding carboxylic acids is 2. The van der Waals surface area contributed by atoms with E-state index in [1.165, 1.54) is 0 Å². The molecule has 3 saturated carbocycles. The average Bonchev–Trinajstić information content (AvgIpc) is 4.25. The first-order valence-electron chi connectivity index (χ1n) is 24.0. The van der Waals surface area contributed by atoms with Crippen molar-refractivity contribution in [3.05, 3.63) is 49.1 Å². The lowest BCUT2D eigenvalue weighted by molar-refractivity contribution is -0.126. The number of nitrogens with one attached hydrogen (secondary N) is 6. The molecule has 376 valence electrons. The Morgan fingerprint density at radius 1 is 0.586 bits per heavy atom. The first kappa shape index (κ1) is 48.4. The first-order chi connectivity index (χ1) is 33.9. The third kappa shape index (κ3) is 10.3. The third-order valence-electron chi connectivity index (χ3n) is 13.7. The summed E-state index contributed by atoms with van der Waals surface area (Å²) in [6, 6.07) is -3.00. The van der Waals surface area contributed by atoms with Gasteiger partial charge in [-0.2, -0.15) is 19.9 Å². The number of anilines is 4. The van der Waals surface area contributed by atoms with Crippen LogP contribution in [0.1, 0.15) is 75.8 Å². The summed E-state index contributed by atoms with van der Waals surface area (Å²) in [5.41, 5.74) is 3.61. The molecule has 3 aliphatic rings. The molecule has 8 atom stereocenters. The lowest BCUT2D eigenvalue weighted by Gasteiger charge is -2.30. The van der Waals surface area contributed by atoms with Crippen LogP contribution in [0.5, 0.6) is 0 Å². The van der Waals surface area contributed by atoms with E-state index >= 15 is 0 Å². The van der Waals surface area contributed by atoms with E-state index in [-0.39, 0.29) is 24.9 Å². The zero-order valence-electron chi connectivity index (χ0n) is 39.0. The number of aromatic nitrogens is 12. The largest absolute Gasteiger partial charge is 0.388 e. The van der Waals surface area contributed by atoms with Crippen LogP contribution in [0.4, 0.5) is 23.5 Å². The molecule has 6 aromatic heterocycles. The van der Waals surface area contributed by atoms with Crippen LogP contribution in [0.3, 0.4) is 0 Å². The SMILES string of the molecule is CCn1cnc(CCNc2nc(N[C@H]3CC[C@H](Nc4nc(NCCc5cn(CC)cn5)nc5c4ncn5[C@@H]4C[C@H](NC(=O)CO)[C@@H](O)[C@H]4O)CC3)c3ncn([C@@H]4C[C@H](NC(=O)CO)[C@@H](O)[C@H]4O)c3n2)c1. The zero-order chi connectivity index (χ0) is 49.1. The number of imidazole rings is 4. The van der Waals surface area contributed by atoms with Gasteiger partial charge in [0.15, 0.2) is 34.0 Å². The number of fused-ring (bicyclic) bond motifs is 2. The van der Waals surface area contributed by atoms with E-state index in [4.69, 9.17) is 29.9 Å². The Bertz CT molecular complexity index is 2570. The van der Waals surface area contributed by atoms with E-state index in [1.54, 1.807) is 34.4 Å². The molecule has 6 heterocycles. The molecule has 26 heteroatoms. The van der Waals surface area contributed by atoms with Crippen molar-refractivity contribution in [2.75, 3.05) is 47.6 Å². The fraction of sp³-hybridized carbons (Fsp3) is 0.591. The van der Waals surface area contributed by atoms with Gasteiger partial charge in [-0.15, -0.1) is 0 Å². The van der Waals surface area contributed by atoms with Crippen LogP contribution in [-0.2, 0) is 35.5 Å². The highest BCUT2D eigenvalue weighted by molar-refractivity contribution is 5.86. The first-order valence-corrected chi connectivity index (χ1v) is 24.0. The number of aliphatic hydroxyl groups is 6. The Labute approximate surface area is 401 Å². The van der Waals surface area contributed by atoms with Crippen molar-refractivity contribution in [2.45, 2.75) is 139 Å². The summed E-state index contributed by atoms with van der Waals surface area (Å²) in [6.45, 7) is 5.19. The van der Waals surface area contributed by atoms with E-state index < -0.39 is 73.6 Å². The molecule has 70 heavy (non-hydrogen) atoms. The van der Waals surface area contributed by atoms with Gasteiger partial charge in [-0.25, -0.2) is 19.9 Å². The maximum atomic E-state index is 12.0. The number of rotatable bonds is 20. The number of amides is 2. The Hall–Kier alpha value is -6.58. The minimum absolute atomic E-state index is 0.0169. The van der Waals surface area contributed by atoms with Gasteiger partial charge in [0.2, 0.25) is 23.7 Å². The van der Waals surface area contributed by atoms with Gasteiger partial charge in [0.05, 0.1) is 60.9 Å². The van der Waals surface area contributed by atoms with E-state index in [0.717, 1.165) is 50.2 Å². The highest BCUT2D eigenvalue weighted by Crippen LogP contribution is 2.37. The van der Waals surface area contributed by atoms with Crippen molar-refractivity contribution in [1.82, 2.24) is 68.8 Å². The number of aliphatic hydroxyl groups excluding tert-OH is 6. The second-order valence-electron chi connectivity index (χ2n) is 18.3. The normalized spacial score (nSPS) is 25.7. The Morgan fingerprint density at radius 3 is 1.37 bits per heavy atom. The standard InChI is InChI=1S/C44H62N18O8/c1-3-59-15-25(47-19-59)9-11-45-43-55-39(33-41(57-43)61(21-49-33)29-13-27(35(67)37(29)69)53-31(65)17-63)51-23-5-7-24(8-6-23)52-40-34-42(58-44(56-40)46-12-10-26-16-60(4-2)20-48-26)62(22-50-34)30-14-28(36(68)38(30)70)54-32(66)18-64/h15-16,19-24,27-30,35-38,63-64,67-70H,3-14,17-18H2,1-2H3,(H,53,65)(H,54,66)(H2,45,51,55,57)(H2,46,52,56,58)/t23-,24-,27-,28-,29+,30+,35+,36+,37-,38-/m0/s1. The maximum absolute atomic E-state index is 12.0. The molecule has 3 aliphatic carbocycles. The number of hydrogen-bond acceptors (Lipinski definition) is 20. The summed E-state index contributed by atoms with van der Waals surface area (Å²) >= 11 is 0. The number of carbonyl (C=O) groups is 2. The van der Waals surface area contributed by atoms with Crippen LogP contribution < -0.4 is 31.9 Å². The highest BCUT2D eigenvalue weighted by Gasteiger charge is 2.45. The summed E-state index contributed by atoms with van der Waals surface area (Å²) in [5.74, 6) is 0.338. The van der Waals surface area contributed by atoms with Gasteiger partial charge in [-0.05, 0) is 52.4 Å². The maximum Gasteiger partial charge on any atom is 0.246 e. The topological polar surface area (TPSA) is 351 Å². The summed E-state index contributed by atoms with van der Waals surface area (Å²) in [4.78, 5) is 61.8. The fourth-order valence-electron chi connectivity index (χ4n) is 9.83. The quantitative estimate of drug-likeness (QED) is 0.0429. The van der Waals surface area contributed by atoms with Gasteiger partial charge in [0, 0.05) is 63.5 Å². The van der Waals surface area contributed by atoms with Crippen molar-refractivity contribution in [3.8, 4) is 0 Å². The van der Waals surface area contributed by atoms with Gasteiger partial charge in [-0.3, -0.25) is 9.59 Å². The minimum atomic E-state index is -1.28.